The molecule has 3 heterocycles. The molecule has 0 radical (unpaired) electrons. The van der Waals surface area contributed by atoms with E-state index in [1.54, 1.807) is 5.06 Å². The maximum atomic E-state index is 11.9. The van der Waals surface area contributed by atoms with Crippen LogP contribution in [0, 0.1) is 0 Å². The fourth-order valence-electron chi connectivity index (χ4n) is 5.64. The zero-order valence-corrected chi connectivity index (χ0v) is 21.4. The molecule has 1 amide bonds. The van der Waals surface area contributed by atoms with E-state index < -0.39 is 0 Å². The van der Waals surface area contributed by atoms with E-state index in [4.69, 9.17) is 25.5 Å². The molecule has 0 spiro atoms. The Balaban J connectivity index is 1.29. The van der Waals surface area contributed by atoms with Crippen LogP contribution in [-0.4, -0.2) is 68.4 Å². The van der Waals surface area contributed by atoms with Gasteiger partial charge in [-0.2, -0.15) is 9.97 Å². The summed E-state index contributed by atoms with van der Waals surface area (Å²) in [6.45, 7) is 3.99. The van der Waals surface area contributed by atoms with Crippen LogP contribution in [0.2, 0.25) is 0 Å². The summed E-state index contributed by atoms with van der Waals surface area (Å²) in [6.07, 6.45) is 13.1. The number of fused-ring (bicyclic) bond motifs is 1. The molecule has 198 valence electrons. The first kappa shape index (κ1) is 25.0. The number of nitrogens with zero attached hydrogens (tertiary/aromatic N) is 5. The predicted molar refractivity (Wildman–Crippen MR) is 140 cm³/mol. The lowest BCUT2D eigenvalue weighted by Crippen LogP contribution is -2.42. The highest BCUT2D eigenvalue weighted by atomic mass is 16.7. The Bertz CT molecular complexity index is 1010. The second kappa shape index (κ2) is 11.6. The third-order valence-electron chi connectivity index (χ3n) is 7.77. The lowest BCUT2D eigenvalue weighted by atomic mass is 9.92. The van der Waals surface area contributed by atoms with Crippen molar-refractivity contribution in [2.75, 3.05) is 30.3 Å². The molecule has 0 aromatic carbocycles. The van der Waals surface area contributed by atoms with Crippen molar-refractivity contribution in [1.29, 1.82) is 0 Å². The molecule has 11 nitrogen and oxygen atoms in total. The number of carbonyl (C=O) groups is 1. The highest BCUT2D eigenvalue weighted by Gasteiger charge is 2.26. The monoisotopic (exact) mass is 499 g/mol. The molecule has 5 rings (SSSR count). The van der Waals surface area contributed by atoms with Crippen LogP contribution in [-0.2, 0) is 4.84 Å². The van der Waals surface area contributed by atoms with Crippen LogP contribution in [0.5, 0.6) is 0 Å². The number of hydrogen-bond acceptors (Lipinski definition) is 9. The quantitative estimate of drug-likeness (QED) is 0.430. The number of hydrogen-bond donors (Lipinski definition) is 4. The minimum absolute atomic E-state index is 0.221. The summed E-state index contributed by atoms with van der Waals surface area (Å²) >= 11 is 0. The van der Waals surface area contributed by atoms with Gasteiger partial charge in [0, 0.05) is 43.8 Å². The number of piperidine rings is 1. The van der Waals surface area contributed by atoms with E-state index in [2.05, 4.69) is 20.5 Å². The summed E-state index contributed by atoms with van der Waals surface area (Å²) in [5.74, 6) is 1.45. The number of aromatic nitrogens is 4. The normalized spacial score (nSPS) is 24.2. The number of anilines is 2. The molecule has 2 aromatic rings. The first-order valence-corrected chi connectivity index (χ1v) is 13.8. The van der Waals surface area contributed by atoms with Crippen molar-refractivity contribution < 1.29 is 9.63 Å². The van der Waals surface area contributed by atoms with Gasteiger partial charge in [-0.15, -0.1) is 5.06 Å². The molecule has 0 atom stereocenters. The molecule has 5 N–H and O–H groups in total. The Morgan fingerprint density at radius 1 is 1.03 bits per heavy atom. The van der Waals surface area contributed by atoms with Crippen molar-refractivity contribution in [3.8, 4) is 0 Å². The second-order valence-electron chi connectivity index (χ2n) is 10.6. The predicted octanol–water partition coefficient (Wildman–Crippen LogP) is 3.55. The van der Waals surface area contributed by atoms with E-state index in [9.17, 15) is 4.79 Å². The first-order valence-electron chi connectivity index (χ1n) is 13.8. The van der Waals surface area contributed by atoms with Crippen molar-refractivity contribution in [3.05, 3.63) is 6.33 Å². The van der Waals surface area contributed by atoms with Crippen LogP contribution in [0.1, 0.15) is 83.6 Å². The van der Waals surface area contributed by atoms with Gasteiger partial charge in [0.15, 0.2) is 17.0 Å². The second-order valence-corrected chi connectivity index (χ2v) is 10.6. The van der Waals surface area contributed by atoms with Crippen molar-refractivity contribution in [3.63, 3.8) is 0 Å². The molecule has 0 bridgehead atoms. The number of carbonyl (C=O) groups excluding carboxylic acids is 1. The maximum absolute atomic E-state index is 11.9. The van der Waals surface area contributed by atoms with E-state index in [-0.39, 0.29) is 12.1 Å². The van der Waals surface area contributed by atoms with Crippen molar-refractivity contribution >= 4 is 29.0 Å². The van der Waals surface area contributed by atoms with Gasteiger partial charge in [0.25, 0.3) is 0 Å². The Hall–Kier alpha value is -2.66. The largest absolute Gasteiger partial charge is 0.426 e. The van der Waals surface area contributed by atoms with Crippen molar-refractivity contribution in [2.24, 2.45) is 5.73 Å². The molecule has 11 heteroatoms. The maximum Gasteiger partial charge on any atom is 0.426 e. The Morgan fingerprint density at radius 3 is 2.47 bits per heavy atom. The summed E-state index contributed by atoms with van der Waals surface area (Å²) in [5, 5.41) is 11.7. The summed E-state index contributed by atoms with van der Waals surface area (Å²) in [5.41, 5.74) is 7.85. The van der Waals surface area contributed by atoms with Gasteiger partial charge in [0.05, 0.1) is 6.33 Å². The highest BCUT2D eigenvalue weighted by molar-refractivity contribution is 5.84. The molecule has 1 aliphatic heterocycles. The number of amides is 1. The molecule has 0 unspecified atom stereocenters. The Labute approximate surface area is 212 Å². The van der Waals surface area contributed by atoms with E-state index >= 15 is 0 Å². The minimum Gasteiger partial charge on any atom is -0.365 e. The van der Waals surface area contributed by atoms with Gasteiger partial charge < -0.3 is 31.1 Å². The van der Waals surface area contributed by atoms with E-state index in [1.807, 2.05) is 13.3 Å². The van der Waals surface area contributed by atoms with Crippen LogP contribution in [0.3, 0.4) is 0 Å². The topological polar surface area (TPSA) is 135 Å². The third kappa shape index (κ3) is 6.00. The van der Waals surface area contributed by atoms with Gasteiger partial charge in [-0.05, 0) is 57.8 Å². The van der Waals surface area contributed by atoms with Crippen LogP contribution >= 0.6 is 0 Å². The third-order valence-corrected chi connectivity index (χ3v) is 7.77. The van der Waals surface area contributed by atoms with Crippen LogP contribution < -0.4 is 21.7 Å². The fraction of sp³-hybridized carbons (Fsp3) is 0.760. The number of rotatable bonds is 8. The Kier molecular flexibility index (Phi) is 8.05. The summed E-state index contributed by atoms with van der Waals surface area (Å²) in [4.78, 5) is 31.9. The first-order chi connectivity index (χ1) is 17.6. The van der Waals surface area contributed by atoms with Crippen molar-refractivity contribution in [2.45, 2.75) is 102 Å². The van der Waals surface area contributed by atoms with Crippen molar-refractivity contribution in [1.82, 2.24) is 29.9 Å². The van der Waals surface area contributed by atoms with Gasteiger partial charge >= 0.3 is 6.09 Å². The molecule has 2 aliphatic carbocycles. The van der Waals surface area contributed by atoms with E-state index in [0.717, 1.165) is 61.9 Å². The van der Waals surface area contributed by atoms with Crippen LogP contribution in [0.4, 0.5) is 16.6 Å². The average Bonchev–Trinajstić information content (AvgIpc) is 3.55. The molecular weight excluding hydrogens is 458 g/mol. The smallest absolute Gasteiger partial charge is 0.365 e. The molecule has 2 saturated carbocycles. The fourth-order valence-corrected chi connectivity index (χ4v) is 5.64. The number of nitrogens with one attached hydrogen (secondary N) is 3. The molecule has 3 aliphatic rings. The molecular formula is C25H41N9O2. The molecule has 3 fully saturated rings. The molecule has 2 aromatic heterocycles. The lowest BCUT2D eigenvalue weighted by Gasteiger charge is -2.31. The number of hydroxylamine groups is 2. The minimum atomic E-state index is -0.377. The number of nitrogens with two attached hydrogens (primary N) is 1. The lowest BCUT2D eigenvalue weighted by molar-refractivity contribution is -0.112. The molecule has 1 saturated heterocycles. The number of imidazole rings is 1. The van der Waals surface area contributed by atoms with E-state index in [1.165, 1.54) is 25.7 Å². The van der Waals surface area contributed by atoms with Gasteiger partial charge in [-0.3, -0.25) is 0 Å². The van der Waals surface area contributed by atoms with E-state index in [0.29, 0.717) is 43.7 Å². The van der Waals surface area contributed by atoms with Gasteiger partial charge in [-0.25, -0.2) is 9.78 Å². The summed E-state index contributed by atoms with van der Waals surface area (Å²) in [6, 6.07) is 1.33. The van der Waals surface area contributed by atoms with Gasteiger partial charge in [-0.1, -0.05) is 19.8 Å². The van der Waals surface area contributed by atoms with Gasteiger partial charge in [0.1, 0.15) is 0 Å². The van der Waals surface area contributed by atoms with Crippen LogP contribution in [0.25, 0.3) is 11.2 Å². The standard InChI is InChI=1S/C25H41N9O2/c1-2-13-27-25(35)36-33-14-11-19(12-15-33)29-22-21-23(34(16-28-21)20-5-3-4-6-20)32-24(31-22)30-18-9-7-17(26)8-10-18/h16-20H,2-15,26H2,1H3,(H,27,35)(H2,29,30,31,32)/t17-,18-. The highest BCUT2D eigenvalue weighted by Crippen LogP contribution is 2.33. The zero-order chi connectivity index (χ0) is 24.9. The molecule has 36 heavy (non-hydrogen) atoms. The summed E-state index contributed by atoms with van der Waals surface area (Å²) < 4.78 is 2.25. The average molecular weight is 500 g/mol. The SMILES string of the molecule is CCCNC(=O)ON1CCC(Nc2nc(N[C@H]3CC[C@H](N)CC3)nc3c2ncn3C2CCCC2)CC1. The summed E-state index contributed by atoms with van der Waals surface area (Å²) in [7, 11) is 0. The van der Waals surface area contributed by atoms with Gasteiger partial charge in [0.2, 0.25) is 5.95 Å². The zero-order valence-electron chi connectivity index (χ0n) is 21.4. The van der Waals surface area contributed by atoms with Crippen LogP contribution in [0.15, 0.2) is 6.33 Å². The Morgan fingerprint density at radius 2 is 1.75 bits per heavy atom.